The van der Waals surface area contributed by atoms with Crippen molar-refractivity contribution in [1.82, 2.24) is 0 Å². The number of rotatable bonds is 5. The zero-order chi connectivity index (χ0) is 20.9. The lowest BCUT2D eigenvalue weighted by molar-refractivity contribution is 0.576. The molecule has 148 valence electrons. The molecule has 0 aliphatic carbocycles. The Kier molecular flexibility index (Phi) is 5.40. The summed E-state index contributed by atoms with van der Waals surface area (Å²) in [6.45, 7) is 0. The van der Waals surface area contributed by atoms with E-state index in [4.69, 9.17) is 4.42 Å². The molecule has 0 atom stereocenters. The molecule has 1 aromatic heterocycles. The maximum absolute atomic E-state index is 6.62. The molecule has 0 unspecified atom stereocenters. The van der Waals surface area contributed by atoms with Gasteiger partial charge in [0.1, 0.15) is 0 Å². The van der Waals surface area contributed by atoms with Gasteiger partial charge in [0.15, 0.2) is 0 Å². The highest BCUT2D eigenvalue weighted by Gasteiger charge is 2.27. The Morgan fingerprint density at radius 2 is 0.968 bits per heavy atom. The number of hydrogen-bond acceptors (Lipinski definition) is 0. The van der Waals surface area contributed by atoms with E-state index in [1.807, 2.05) is 24.3 Å². The predicted octanol–water partition coefficient (Wildman–Crippen LogP) is 8.15. The van der Waals surface area contributed by atoms with Crippen molar-refractivity contribution in [2.75, 3.05) is 0 Å². The van der Waals surface area contributed by atoms with E-state index < -0.39 is 0 Å². The lowest BCUT2D eigenvalue weighted by Crippen LogP contribution is -1.98. The third-order valence-electron chi connectivity index (χ3n) is 5.49. The van der Waals surface area contributed by atoms with Crippen molar-refractivity contribution in [3.63, 3.8) is 0 Å². The van der Waals surface area contributed by atoms with E-state index in [-0.39, 0.29) is 0 Å². The van der Waals surface area contributed by atoms with Crippen molar-refractivity contribution in [2.24, 2.45) is 0 Å². The second-order valence-electron chi connectivity index (χ2n) is 7.59. The monoisotopic (exact) mass is 399 g/mol. The summed E-state index contributed by atoms with van der Waals surface area (Å²) in [4.78, 5) is 0. The number of benzene rings is 4. The second kappa shape index (κ2) is 8.81. The van der Waals surface area contributed by atoms with E-state index in [1.165, 1.54) is 22.3 Å². The average molecular weight is 400 g/mol. The third-order valence-corrected chi connectivity index (χ3v) is 5.49. The molecule has 0 fully saturated rings. The quantitative estimate of drug-likeness (QED) is 0.271. The summed E-state index contributed by atoms with van der Waals surface area (Å²) in [5, 5.41) is 0. The zero-order valence-electron chi connectivity index (χ0n) is 17.2. The standard InChI is InChI=1S/C30H23O/c1-5-13-23(14-6-1)21-28-27(24-15-7-2-8-16-24)22-29(25-17-9-3-10-18-25)31-30(28)26-19-11-4-12-20-26/h1-20,22H,21H2/q+1. The summed E-state index contributed by atoms with van der Waals surface area (Å²) in [5.74, 6) is 1.79. The van der Waals surface area contributed by atoms with Gasteiger partial charge in [0, 0.05) is 12.0 Å². The second-order valence-corrected chi connectivity index (χ2v) is 7.59. The molecule has 0 saturated heterocycles. The Morgan fingerprint density at radius 1 is 0.484 bits per heavy atom. The molecule has 1 heterocycles. The third kappa shape index (κ3) is 4.17. The molecule has 31 heavy (non-hydrogen) atoms. The van der Waals surface area contributed by atoms with Crippen molar-refractivity contribution in [1.29, 1.82) is 0 Å². The first kappa shape index (κ1) is 19.0. The van der Waals surface area contributed by atoms with Crippen LogP contribution in [0.4, 0.5) is 0 Å². The normalized spacial score (nSPS) is 10.7. The molecule has 0 N–H and O–H groups in total. The van der Waals surface area contributed by atoms with Crippen LogP contribution in [-0.4, -0.2) is 0 Å². The molecular formula is C30H23O+. The fourth-order valence-electron chi connectivity index (χ4n) is 3.96. The van der Waals surface area contributed by atoms with Crippen LogP contribution in [0.25, 0.3) is 33.8 Å². The lowest BCUT2D eigenvalue weighted by atomic mass is 9.91. The van der Waals surface area contributed by atoms with Crippen LogP contribution < -0.4 is 0 Å². The van der Waals surface area contributed by atoms with Gasteiger partial charge in [-0.1, -0.05) is 97.1 Å². The minimum atomic E-state index is 0.799. The van der Waals surface area contributed by atoms with Gasteiger partial charge in [0.05, 0.1) is 22.8 Å². The molecule has 1 heteroatoms. The van der Waals surface area contributed by atoms with E-state index in [0.717, 1.165) is 29.1 Å². The largest absolute Gasteiger partial charge is 0.364 e. The topological polar surface area (TPSA) is 11.3 Å². The molecule has 0 amide bonds. The van der Waals surface area contributed by atoms with Gasteiger partial charge in [-0.2, -0.15) is 0 Å². The summed E-state index contributed by atoms with van der Waals surface area (Å²) < 4.78 is 6.62. The fraction of sp³-hybridized carbons (Fsp3) is 0.0333. The van der Waals surface area contributed by atoms with Gasteiger partial charge in [-0.3, -0.25) is 0 Å². The van der Waals surface area contributed by atoms with Crippen molar-refractivity contribution >= 4 is 0 Å². The highest BCUT2D eigenvalue weighted by molar-refractivity contribution is 5.79. The highest BCUT2D eigenvalue weighted by Crippen LogP contribution is 2.38. The van der Waals surface area contributed by atoms with E-state index in [0.29, 0.717) is 0 Å². The van der Waals surface area contributed by atoms with Crippen LogP contribution in [0.5, 0.6) is 0 Å². The van der Waals surface area contributed by atoms with Crippen LogP contribution in [0.3, 0.4) is 0 Å². The van der Waals surface area contributed by atoms with Crippen molar-refractivity contribution < 1.29 is 4.42 Å². The van der Waals surface area contributed by atoms with Crippen LogP contribution in [0.1, 0.15) is 11.1 Å². The molecule has 1 nitrogen and oxygen atoms in total. The van der Waals surface area contributed by atoms with Crippen LogP contribution in [0, 0.1) is 0 Å². The first-order valence-corrected chi connectivity index (χ1v) is 10.6. The molecule has 0 bridgehead atoms. The molecule has 4 aromatic carbocycles. The Morgan fingerprint density at radius 3 is 1.55 bits per heavy atom. The van der Waals surface area contributed by atoms with Gasteiger partial charge < -0.3 is 0 Å². The minimum Gasteiger partial charge on any atom is -0.206 e. The molecule has 0 saturated carbocycles. The Labute approximate surface area is 183 Å². The molecule has 5 aromatic rings. The van der Waals surface area contributed by atoms with Gasteiger partial charge in [0.25, 0.3) is 0 Å². The van der Waals surface area contributed by atoms with Crippen LogP contribution in [0.15, 0.2) is 132 Å². The van der Waals surface area contributed by atoms with Gasteiger partial charge in [-0.15, -0.1) is 0 Å². The first-order chi connectivity index (χ1) is 15.4. The Bertz CT molecular complexity index is 1200. The van der Waals surface area contributed by atoms with Crippen LogP contribution in [0.2, 0.25) is 0 Å². The van der Waals surface area contributed by atoms with Gasteiger partial charge in [-0.05, 0) is 35.4 Å². The molecule has 0 spiro atoms. The average Bonchev–Trinajstić information content (AvgIpc) is 2.86. The first-order valence-electron chi connectivity index (χ1n) is 10.6. The maximum Gasteiger partial charge on any atom is 0.364 e. The van der Waals surface area contributed by atoms with E-state index in [1.54, 1.807) is 0 Å². The maximum atomic E-state index is 6.62. The summed E-state index contributed by atoms with van der Waals surface area (Å²) in [7, 11) is 0. The zero-order valence-corrected chi connectivity index (χ0v) is 17.2. The highest BCUT2D eigenvalue weighted by atomic mass is 16.3. The minimum absolute atomic E-state index is 0.799. The lowest BCUT2D eigenvalue weighted by Gasteiger charge is -2.10. The summed E-state index contributed by atoms with van der Waals surface area (Å²) in [5.41, 5.74) is 7.02. The summed E-state index contributed by atoms with van der Waals surface area (Å²) >= 11 is 0. The van der Waals surface area contributed by atoms with Gasteiger partial charge in [0.2, 0.25) is 0 Å². The van der Waals surface area contributed by atoms with E-state index in [9.17, 15) is 0 Å². The van der Waals surface area contributed by atoms with Crippen molar-refractivity contribution in [3.05, 3.63) is 139 Å². The summed E-state index contributed by atoms with van der Waals surface area (Å²) in [6.07, 6.45) is 0.799. The predicted molar refractivity (Wildman–Crippen MR) is 129 cm³/mol. The molecule has 0 aliphatic heterocycles. The number of hydrogen-bond donors (Lipinski definition) is 0. The Hall–Kier alpha value is -3.97. The molecule has 0 aliphatic rings. The fourth-order valence-corrected chi connectivity index (χ4v) is 3.96. The molecule has 0 radical (unpaired) electrons. The smallest absolute Gasteiger partial charge is 0.206 e. The molecule has 5 rings (SSSR count). The van der Waals surface area contributed by atoms with Crippen molar-refractivity contribution in [3.8, 4) is 33.8 Å². The SMILES string of the molecule is c1ccc(Cc2c(-c3ccccc3)cc(-c3ccccc3)[o+]c2-c2ccccc2)cc1. The van der Waals surface area contributed by atoms with Gasteiger partial charge in [-0.25, -0.2) is 4.42 Å². The molecular weight excluding hydrogens is 376 g/mol. The van der Waals surface area contributed by atoms with E-state index in [2.05, 4.69) is 103 Å². The van der Waals surface area contributed by atoms with Crippen LogP contribution in [-0.2, 0) is 6.42 Å². The van der Waals surface area contributed by atoms with Crippen molar-refractivity contribution in [2.45, 2.75) is 6.42 Å². The summed E-state index contributed by atoms with van der Waals surface area (Å²) in [6, 6.07) is 44.1. The van der Waals surface area contributed by atoms with E-state index >= 15 is 0 Å². The Balaban J connectivity index is 1.79. The van der Waals surface area contributed by atoms with Crippen LogP contribution >= 0.6 is 0 Å². The van der Waals surface area contributed by atoms with Gasteiger partial charge >= 0.3 is 11.5 Å².